The first-order chi connectivity index (χ1) is 8.72. The zero-order valence-corrected chi connectivity index (χ0v) is 11.6. The molecule has 0 aliphatic heterocycles. The highest BCUT2D eigenvalue weighted by molar-refractivity contribution is 7.97. The van der Waals surface area contributed by atoms with E-state index >= 15 is 0 Å². The van der Waals surface area contributed by atoms with Gasteiger partial charge in [-0.15, -0.1) is 13.2 Å². The van der Waals surface area contributed by atoms with Crippen LogP contribution in [0.1, 0.15) is 15.9 Å². The lowest BCUT2D eigenvalue weighted by Gasteiger charge is -2.19. The third-order valence-corrected chi connectivity index (χ3v) is 3.12. The zero-order valence-electron chi connectivity index (χ0n) is 10.8. The molecule has 0 saturated carbocycles. The van der Waals surface area contributed by atoms with Crippen molar-refractivity contribution in [3.8, 4) is 0 Å². The summed E-state index contributed by atoms with van der Waals surface area (Å²) in [5.74, 6) is 0.989. The molecule has 3 heteroatoms. The minimum absolute atomic E-state index is 0.0190. The first kappa shape index (κ1) is 14.6. The van der Waals surface area contributed by atoms with Crippen LogP contribution < -0.4 is 0 Å². The Morgan fingerprint density at radius 1 is 1.22 bits per heavy atom. The molecule has 0 aliphatic carbocycles. The molecule has 0 spiro atoms. The predicted octanol–water partition coefficient (Wildman–Crippen LogP) is 3.36. The molecule has 1 aromatic rings. The molecule has 2 nitrogen and oxygen atoms in total. The number of thioether (sulfide) groups is 1. The van der Waals surface area contributed by atoms with E-state index in [2.05, 4.69) is 19.4 Å². The predicted molar refractivity (Wildman–Crippen MR) is 80.0 cm³/mol. The van der Waals surface area contributed by atoms with E-state index in [1.165, 1.54) is 5.56 Å². The van der Waals surface area contributed by atoms with E-state index in [-0.39, 0.29) is 5.91 Å². The summed E-state index contributed by atoms with van der Waals surface area (Å²) in [6.07, 6.45) is 5.52. The highest BCUT2D eigenvalue weighted by atomic mass is 32.2. The standard InChI is InChI=1S/C15H19NOS/c1-4-10-16(11-5-2)15(17)14-8-6-13(7-9-14)12-18-3/h4-9H,1-2,10-12H2,3H3. The van der Waals surface area contributed by atoms with Crippen molar-refractivity contribution in [3.05, 3.63) is 60.7 Å². The minimum atomic E-state index is 0.0190. The van der Waals surface area contributed by atoms with Gasteiger partial charge in [0.25, 0.3) is 5.91 Å². The number of hydrogen-bond acceptors (Lipinski definition) is 2. The summed E-state index contributed by atoms with van der Waals surface area (Å²) in [4.78, 5) is 13.9. The lowest BCUT2D eigenvalue weighted by molar-refractivity contribution is 0.0791. The topological polar surface area (TPSA) is 20.3 Å². The van der Waals surface area contributed by atoms with Crippen molar-refractivity contribution >= 4 is 17.7 Å². The highest BCUT2D eigenvalue weighted by Crippen LogP contribution is 2.12. The molecule has 0 aromatic heterocycles. The maximum absolute atomic E-state index is 12.2. The van der Waals surface area contributed by atoms with Crippen molar-refractivity contribution in [3.63, 3.8) is 0 Å². The lowest BCUT2D eigenvalue weighted by Crippen LogP contribution is -2.31. The molecule has 0 bridgehead atoms. The molecular formula is C15H19NOS. The number of benzene rings is 1. The van der Waals surface area contributed by atoms with Crippen LogP contribution in [0.3, 0.4) is 0 Å². The number of hydrogen-bond donors (Lipinski definition) is 0. The van der Waals surface area contributed by atoms with Crippen LogP contribution >= 0.6 is 11.8 Å². The second-order valence-electron chi connectivity index (χ2n) is 3.92. The summed E-state index contributed by atoms with van der Waals surface area (Å²) >= 11 is 1.77. The van der Waals surface area contributed by atoms with Crippen molar-refractivity contribution in [2.75, 3.05) is 19.3 Å². The van der Waals surface area contributed by atoms with E-state index < -0.39 is 0 Å². The molecule has 1 amide bonds. The summed E-state index contributed by atoms with van der Waals surface area (Å²) in [5.41, 5.74) is 1.95. The largest absolute Gasteiger partial charge is 0.331 e. The molecule has 0 aliphatic rings. The third kappa shape index (κ3) is 4.08. The Bertz CT molecular complexity index is 401. The van der Waals surface area contributed by atoms with Gasteiger partial charge in [0.1, 0.15) is 0 Å². The van der Waals surface area contributed by atoms with Crippen LogP contribution in [-0.4, -0.2) is 30.2 Å². The fraction of sp³-hybridized carbons (Fsp3) is 0.267. The van der Waals surface area contributed by atoms with Gasteiger partial charge in [0, 0.05) is 24.4 Å². The summed E-state index contributed by atoms with van der Waals surface area (Å²) in [6.45, 7) is 8.41. The van der Waals surface area contributed by atoms with E-state index in [1.807, 2.05) is 24.3 Å². The average Bonchev–Trinajstić information content (AvgIpc) is 2.39. The summed E-state index contributed by atoms with van der Waals surface area (Å²) in [5, 5.41) is 0. The van der Waals surface area contributed by atoms with Gasteiger partial charge in [-0.3, -0.25) is 4.79 Å². The Labute approximate surface area is 113 Å². The molecule has 1 aromatic carbocycles. The Morgan fingerprint density at radius 2 is 1.78 bits per heavy atom. The second kappa shape index (κ2) is 7.77. The highest BCUT2D eigenvalue weighted by Gasteiger charge is 2.12. The smallest absolute Gasteiger partial charge is 0.254 e. The van der Waals surface area contributed by atoms with Crippen LogP contribution in [0.5, 0.6) is 0 Å². The first-order valence-corrected chi connectivity index (χ1v) is 7.21. The lowest BCUT2D eigenvalue weighted by atomic mass is 10.1. The third-order valence-electron chi connectivity index (χ3n) is 2.50. The molecule has 96 valence electrons. The maximum atomic E-state index is 12.2. The molecule has 1 rings (SSSR count). The maximum Gasteiger partial charge on any atom is 0.254 e. The monoisotopic (exact) mass is 261 g/mol. The first-order valence-electron chi connectivity index (χ1n) is 5.82. The Balaban J connectivity index is 2.80. The van der Waals surface area contributed by atoms with Gasteiger partial charge in [0.2, 0.25) is 0 Å². The molecule has 0 unspecified atom stereocenters. The number of nitrogens with zero attached hydrogens (tertiary/aromatic N) is 1. The van der Waals surface area contributed by atoms with E-state index in [1.54, 1.807) is 28.8 Å². The van der Waals surface area contributed by atoms with E-state index in [9.17, 15) is 4.79 Å². The second-order valence-corrected chi connectivity index (χ2v) is 4.78. The number of carbonyl (C=O) groups is 1. The zero-order chi connectivity index (χ0) is 13.4. The molecule has 18 heavy (non-hydrogen) atoms. The van der Waals surface area contributed by atoms with Gasteiger partial charge in [-0.2, -0.15) is 11.8 Å². The van der Waals surface area contributed by atoms with Crippen molar-refractivity contribution in [2.24, 2.45) is 0 Å². The molecule has 0 radical (unpaired) electrons. The van der Waals surface area contributed by atoms with Crippen LogP contribution in [0.4, 0.5) is 0 Å². The average molecular weight is 261 g/mol. The van der Waals surface area contributed by atoms with E-state index in [0.717, 1.165) is 5.75 Å². The van der Waals surface area contributed by atoms with Crippen LogP contribution in [0.15, 0.2) is 49.6 Å². The van der Waals surface area contributed by atoms with Gasteiger partial charge in [0.05, 0.1) is 0 Å². The Morgan fingerprint density at radius 3 is 2.22 bits per heavy atom. The van der Waals surface area contributed by atoms with Gasteiger partial charge < -0.3 is 4.90 Å². The van der Waals surface area contributed by atoms with Crippen molar-refractivity contribution in [1.82, 2.24) is 4.90 Å². The Kier molecular flexibility index (Phi) is 6.29. The van der Waals surface area contributed by atoms with Gasteiger partial charge >= 0.3 is 0 Å². The van der Waals surface area contributed by atoms with Crippen molar-refractivity contribution < 1.29 is 4.79 Å². The molecule has 0 atom stereocenters. The van der Waals surface area contributed by atoms with Gasteiger partial charge in [-0.05, 0) is 24.0 Å². The molecule has 0 heterocycles. The SMILES string of the molecule is C=CCN(CC=C)C(=O)c1ccc(CSC)cc1. The minimum Gasteiger partial charge on any atom is -0.331 e. The number of amides is 1. The van der Waals surface area contributed by atoms with Crippen LogP contribution in [0.25, 0.3) is 0 Å². The number of carbonyl (C=O) groups excluding carboxylic acids is 1. The number of rotatable bonds is 7. The fourth-order valence-electron chi connectivity index (χ4n) is 1.64. The Hall–Kier alpha value is -1.48. The molecule has 0 saturated heterocycles. The van der Waals surface area contributed by atoms with Gasteiger partial charge in [-0.25, -0.2) is 0 Å². The van der Waals surface area contributed by atoms with Gasteiger partial charge in [0.15, 0.2) is 0 Å². The fourth-order valence-corrected chi connectivity index (χ4v) is 2.17. The molecular weight excluding hydrogens is 242 g/mol. The van der Waals surface area contributed by atoms with Crippen LogP contribution in [-0.2, 0) is 5.75 Å². The molecule has 0 fully saturated rings. The van der Waals surface area contributed by atoms with Crippen LogP contribution in [0.2, 0.25) is 0 Å². The summed E-state index contributed by atoms with van der Waals surface area (Å²) < 4.78 is 0. The van der Waals surface area contributed by atoms with E-state index in [0.29, 0.717) is 18.7 Å². The summed E-state index contributed by atoms with van der Waals surface area (Å²) in [7, 11) is 0. The van der Waals surface area contributed by atoms with E-state index in [4.69, 9.17) is 0 Å². The van der Waals surface area contributed by atoms with Gasteiger partial charge in [-0.1, -0.05) is 24.3 Å². The molecule has 0 N–H and O–H groups in total. The quantitative estimate of drug-likeness (QED) is 0.701. The van der Waals surface area contributed by atoms with Crippen molar-refractivity contribution in [2.45, 2.75) is 5.75 Å². The van der Waals surface area contributed by atoms with Crippen LogP contribution in [0, 0.1) is 0 Å². The van der Waals surface area contributed by atoms with Crippen molar-refractivity contribution in [1.29, 1.82) is 0 Å². The summed E-state index contributed by atoms with van der Waals surface area (Å²) in [6, 6.07) is 7.77. The normalized spacial score (nSPS) is 9.83.